The third kappa shape index (κ3) is 7.21. The summed E-state index contributed by atoms with van der Waals surface area (Å²) in [5.74, 6) is 0.193. The Hall–Kier alpha value is -3.07. The van der Waals surface area contributed by atoms with Gasteiger partial charge < -0.3 is 14.7 Å². The van der Waals surface area contributed by atoms with Crippen molar-refractivity contribution in [2.24, 2.45) is 4.99 Å². The second kappa shape index (κ2) is 11.7. The van der Waals surface area contributed by atoms with Crippen molar-refractivity contribution in [3.05, 3.63) is 93.0 Å². The number of halogens is 1. The number of benzene rings is 3. The van der Waals surface area contributed by atoms with Crippen LogP contribution in [0.15, 0.2) is 76.6 Å². The molecule has 0 aliphatic heterocycles. The van der Waals surface area contributed by atoms with Crippen LogP contribution < -0.4 is 0 Å². The standard InChI is InChI=1S/C24H24ClN3O4S/c1-17-3-10-21(11-4-17)33-24(26-19-7-12-22(25)23(15-19)28(30)31)27(13-14-32-2)16-18-5-8-20(29)9-6-18/h3-12,15,29H,13-14,16H2,1-2H3. The van der Waals surface area contributed by atoms with E-state index in [4.69, 9.17) is 21.3 Å². The Labute approximate surface area is 201 Å². The highest BCUT2D eigenvalue weighted by atomic mass is 35.5. The van der Waals surface area contributed by atoms with Crippen LogP contribution in [-0.4, -0.2) is 40.4 Å². The second-order valence-corrected chi connectivity index (χ2v) is 8.73. The summed E-state index contributed by atoms with van der Waals surface area (Å²) in [6.45, 7) is 3.54. The molecule has 0 saturated carbocycles. The molecule has 0 saturated heterocycles. The van der Waals surface area contributed by atoms with E-state index in [1.54, 1.807) is 25.3 Å². The molecule has 0 atom stereocenters. The largest absolute Gasteiger partial charge is 0.508 e. The maximum Gasteiger partial charge on any atom is 0.290 e. The summed E-state index contributed by atoms with van der Waals surface area (Å²) in [4.78, 5) is 18.6. The van der Waals surface area contributed by atoms with E-state index in [-0.39, 0.29) is 16.5 Å². The van der Waals surface area contributed by atoms with Crippen LogP contribution >= 0.6 is 23.4 Å². The molecule has 3 aromatic carbocycles. The van der Waals surface area contributed by atoms with Crippen molar-refractivity contribution in [1.82, 2.24) is 4.90 Å². The van der Waals surface area contributed by atoms with Crippen LogP contribution in [0.4, 0.5) is 11.4 Å². The topological polar surface area (TPSA) is 88.2 Å². The van der Waals surface area contributed by atoms with Gasteiger partial charge in [-0.05, 0) is 48.9 Å². The SMILES string of the molecule is COCCN(Cc1ccc(O)cc1)C(=Nc1ccc(Cl)c([N+](=O)[O-])c1)Sc1ccc(C)cc1. The van der Waals surface area contributed by atoms with E-state index in [1.807, 2.05) is 48.2 Å². The number of methoxy groups -OCH3 is 1. The van der Waals surface area contributed by atoms with Gasteiger partial charge in [-0.15, -0.1) is 0 Å². The molecular weight excluding hydrogens is 462 g/mol. The summed E-state index contributed by atoms with van der Waals surface area (Å²) in [5, 5.41) is 21.7. The van der Waals surface area contributed by atoms with Gasteiger partial charge in [-0.1, -0.05) is 53.2 Å². The summed E-state index contributed by atoms with van der Waals surface area (Å²) in [6.07, 6.45) is 0. The predicted molar refractivity (Wildman–Crippen MR) is 133 cm³/mol. The lowest BCUT2D eigenvalue weighted by molar-refractivity contribution is -0.384. The molecule has 33 heavy (non-hydrogen) atoms. The fourth-order valence-corrected chi connectivity index (χ4v) is 4.06. The third-order valence-electron chi connectivity index (χ3n) is 4.73. The van der Waals surface area contributed by atoms with Crippen molar-refractivity contribution in [2.75, 3.05) is 20.3 Å². The predicted octanol–water partition coefficient (Wildman–Crippen LogP) is 6.19. The van der Waals surface area contributed by atoms with Gasteiger partial charge in [0.05, 0.1) is 17.2 Å². The number of hydrogen-bond acceptors (Lipinski definition) is 6. The summed E-state index contributed by atoms with van der Waals surface area (Å²) in [7, 11) is 1.63. The van der Waals surface area contributed by atoms with Crippen molar-refractivity contribution < 1.29 is 14.8 Å². The maximum atomic E-state index is 11.3. The van der Waals surface area contributed by atoms with E-state index >= 15 is 0 Å². The Morgan fingerprint density at radius 1 is 1.15 bits per heavy atom. The highest BCUT2D eigenvalue weighted by molar-refractivity contribution is 8.13. The van der Waals surface area contributed by atoms with Gasteiger partial charge in [0.15, 0.2) is 5.17 Å². The van der Waals surface area contributed by atoms with Crippen LogP contribution in [-0.2, 0) is 11.3 Å². The van der Waals surface area contributed by atoms with Crippen molar-refractivity contribution in [3.8, 4) is 5.75 Å². The molecule has 7 nitrogen and oxygen atoms in total. The van der Waals surface area contributed by atoms with E-state index in [9.17, 15) is 15.2 Å². The van der Waals surface area contributed by atoms with E-state index in [2.05, 4.69) is 0 Å². The molecule has 0 fully saturated rings. The Balaban J connectivity index is 2.02. The van der Waals surface area contributed by atoms with Crippen molar-refractivity contribution >= 4 is 39.9 Å². The van der Waals surface area contributed by atoms with Gasteiger partial charge in [0, 0.05) is 31.2 Å². The summed E-state index contributed by atoms with van der Waals surface area (Å²) in [5.41, 5.74) is 2.35. The lowest BCUT2D eigenvalue weighted by atomic mass is 10.2. The Morgan fingerprint density at radius 2 is 1.85 bits per heavy atom. The van der Waals surface area contributed by atoms with Crippen LogP contribution in [0.5, 0.6) is 5.75 Å². The number of amidine groups is 1. The van der Waals surface area contributed by atoms with E-state index < -0.39 is 4.92 Å². The van der Waals surface area contributed by atoms with Crippen molar-refractivity contribution in [3.63, 3.8) is 0 Å². The van der Waals surface area contributed by atoms with Gasteiger partial charge in [0.25, 0.3) is 5.69 Å². The van der Waals surface area contributed by atoms with Crippen LogP contribution in [0.2, 0.25) is 5.02 Å². The average Bonchev–Trinajstić information content (AvgIpc) is 2.80. The van der Waals surface area contributed by atoms with Crippen LogP contribution in [0.1, 0.15) is 11.1 Å². The Bertz CT molecular complexity index is 1120. The van der Waals surface area contributed by atoms with E-state index in [0.29, 0.717) is 30.6 Å². The minimum atomic E-state index is -0.521. The molecule has 3 aromatic rings. The zero-order chi connectivity index (χ0) is 23.8. The molecule has 0 spiro atoms. The molecule has 0 aliphatic carbocycles. The smallest absolute Gasteiger partial charge is 0.290 e. The number of ether oxygens (including phenoxy) is 1. The fraction of sp³-hybridized carbons (Fsp3) is 0.208. The number of aryl methyl sites for hydroxylation is 1. The van der Waals surface area contributed by atoms with E-state index in [1.165, 1.54) is 23.9 Å². The van der Waals surface area contributed by atoms with Crippen molar-refractivity contribution in [1.29, 1.82) is 0 Å². The van der Waals surface area contributed by atoms with Crippen LogP contribution in [0, 0.1) is 17.0 Å². The highest BCUT2D eigenvalue weighted by Gasteiger charge is 2.17. The number of nitro groups is 1. The highest BCUT2D eigenvalue weighted by Crippen LogP contribution is 2.31. The fourth-order valence-electron chi connectivity index (χ4n) is 2.96. The van der Waals surface area contributed by atoms with E-state index in [0.717, 1.165) is 16.0 Å². The zero-order valence-corrected chi connectivity index (χ0v) is 19.8. The van der Waals surface area contributed by atoms with Gasteiger partial charge in [-0.25, -0.2) is 4.99 Å². The summed E-state index contributed by atoms with van der Waals surface area (Å²) >= 11 is 7.44. The van der Waals surface area contributed by atoms with Gasteiger partial charge >= 0.3 is 0 Å². The maximum absolute atomic E-state index is 11.3. The van der Waals surface area contributed by atoms with Crippen LogP contribution in [0.3, 0.4) is 0 Å². The molecule has 0 amide bonds. The van der Waals surface area contributed by atoms with Gasteiger partial charge in [-0.3, -0.25) is 10.1 Å². The Kier molecular flexibility index (Phi) is 8.71. The minimum absolute atomic E-state index is 0.0621. The monoisotopic (exact) mass is 485 g/mol. The number of thioether (sulfide) groups is 1. The Morgan fingerprint density at radius 3 is 2.48 bits per heavy atom. The molecule has 1 N–H and O–H groups in total. The summed E-state index contributed by atoms with van der Waals surface area (Å²) in [6, 6.07) is 19.5. The first-order valence-electron chi connectivity index (χ1n) is 10.1. The minimum Gasteiger partial charge on any atom is -0.508 e. The number of aromatic hydroxyl groups is 1. The molecule has 0 aliphatic rings. The van der Waals surface area contributed by atoms with Gasteiger partial charge in [0.2, 0.25) is 0 Å². The van der Waals surface area contributed by atoms with Gasteiger partial charge in [-0.2, -0.15) is 0 Å². The van der Waals surface area contributed by atoms with Crippen LogP contribution in [0.25, 0.3) is 0 Å². The third-order valence-corrected chi connectivity index (χ3v) is 6.09. The molecule has 0 radical (unpaired) electrons. The molecule has 0 bridgehead atoms. The van der Waals surface area contributed by atoms with Crippen molar-refractivity contribution in [2.45, 2.75) is 18.4 Å². The molecule has 3 rings (SSSR count). The molecule has 9 heteroatoms. The number of nitrogens with zero attached hydrogens (tertiary/aromatic N) is 3. The molecule has 0 heterocycles. The number of phenolic OH excluding ortho intramolecular Hbond substituents is 1. The molecular formula is C24H24ClN3O4S. The first-order valence-corrected chi connectivity index (χ1v) is 11.3. The van der Waals surface area contributed by atoms with Gasteiger partial charge in [0.1, 0.15) is 10.8 Å². The number of hydrogen-bond donors (Lipinski definition) is 1. The number of phenols is 1. The molecule has 172 valence electrons. The lowest BCUT2D eigenvalue weighted by Crippen LogP contribution is -2.31. The number of aliphatic imine (C=N–C) groups is 1. The first-order chi connectivity index (χ1) is 15.9. The summed E-state index contributed by atoms with van der Waals surface area (Å²) < 4.78 is 5.31. The normalized spacial score (nSPS) is 11.4. The first kappa shape index (κ1) is 24.6. The zero-order valence-electron chi connectivity index (χ0n) is 18.3. The molecule has 0 unspecified atom stereocenters. The molecule has 0 aromatic heterocycles. The number of nitro benzene ring substituents is 1. The number of rotatable bonds is 8. The second-order valence-electron chi connectivity index (χ2n) is 7.28. The average molecular weight is 486 g/mol. The lowest BCUT2D eigenvalue weighted by Gasteiger charge is -2.26. The quantitative estimate of drug-likeness (QED) is 0.134.